The first-order chi connectivity index (χ1) is 13.6. The summed E-state index contributed by atoms with van der Waals surface area (Å²) in [5.74, 6) is 0.842. The van der Waals surface area contributed by atoms with Crippen LogP contribution in [0.1, 0.15) is 0 Å². The zero-order valence-corrected chi connectivity index (χ0v) is 17.0. The van der Waals surface area contributed by atoms with Gasteiger partial charge in [0.1, 0.15) is 5.75 Å². The second-order valence-corrected chi connectivity index (χ2v) is 7.65. The fourth-order valence-corrected chi connectivity index (χ4v) is 3.90. The molecule has 0 bridgehead atoms. The number of urea groups is 1. The average Bonchev–Trinajstić information content (AvgIpc) is 3.10. The van der Waals surface area contributed by atoms with E-state index in [-0.39, 0.29) is 6.03 Å². The van der Waals surface area contributed by atoms with Gasteiger partial charge in [-0.3, -0.25) is 9.80 Å². The Morgan fingerprint density at radius 1 is 0.857 bits per heavy atom. The summed E-state index contributed by atoms with van der Waals surface area (Å²) in [6.45, 7) is 5.22. The first-order valence-corrected chi connectivity index (χ1v) is 9.91. The van der Waals surface area contributed by atoms with Gasteiger partial charge in [-0.2, -0.15) is 0 Å². The summed E-state index contributed by atoms with van der Waals surface area (Å²) in [6, 6.07) is 13.4. The lowest BCUT2D eigenvalue weighted by molar-refractivity contribution is 0.256. The van der Waals surface area contributed by atoms with Gasteiger partial charge >= 0.3 is 6.03 Å². The summed E-state index contributed by atoms with van der Waals surface area (Å²) in [6.07, 6.45) is 0. The predicted octanol–water partition coefficient (Wildman–Crippen LogP) is 3.55. The standard InChI is InChI=1S/C21H25ClN4O2/c1-23-9-11-24(12-10-23)19-15-18(7-8-20(19)28-2)26-14-13-25(21(26)27)17-5-3-16(22)4-6-17/h3-8,15H,9-14H2,1-2H3. The molecule has 0 N–H and O–H groups in total. The van der Waals surface area contributed by atoms with Gasteiger partial charge in [0.25, 0.3) is 0 Å². The Bertz CT molecular complexity index is 850. The van der Waals surface area contributed by atoms with Crippen LogP contribution in [-0.4, -0.2) is 64.4 Å². The van der Waals surface area contributed by atoms with E-state index in [1.807, 2.05) is 41.3 Å². The minimum Gasteiger partial charge on any atom is -0.495 e. The number of rotatable bonds is 4. The molecule has 2 aliphatic rings. The molecule has 2 heterocycles. The maximum absolute atomic E-state index is 13.0. The van der Waals surface area contributed by atoms with Crippen molar-refractivity contribution in [3.8, 4) is 5.75 Å². The number of benzene rings is 2. The highest BCUT2D eigenvalue weighted by molar-refractivity contribution is 6.30. The molecular formula is C21H25ClN4O2. The predicted molar refractivity (Wildman–Crippen MR) is 114 cm³/mol. The number of amides is 2. The topological polar surface area (TPSA) is 39.3 Å². The van der Waals surface area contributed by atoms with Crippen molar-refractivity contribution in [1.82, 2.24) is 4.90 Å². The van der Waals surface area contributed by atoms with Gasteiger partial charge < -0.3 is 14.5 Å². The second kappa shape index (κ2) is 7.89. The molecule has 2 fully saturated rings. The Kier molecular flexibility index (Phi) is 5.33. The minimum absolute atomic E-state index is 0.0168. The summed E-state index contributed by atoms with van der Waals surface area (Å²) in [7, 11) is 3.83. The summed E-state index contributed by atoms with van der Waals surface area (Å²) in [5.41, 5.74) is 2.81. The van der Waals surface area contributed by atoms with Gasteiger partial charge in [-0.1, -0.05) is 11.6 Å². The molecule has 0 spiro atoms. The van der Waals surface area contributed by atoms with Crippen LogP contribution in [0, 0.1) is 0 Å². The van der Waals surface area contributed by atoms with Gasteiger partial charge in [0.2, 0.25) is 0 Å². The molecule has 0 saturated carbocycles. The molecule has 0 unspecified atom stereocenters. The molecule has 0 aromatic heterocycles. The van der Waals surface area contributed by atoms with E-state index < -0.39 is 0 Å². The highest BCUT2D eigenvalue weighted by Crippen LogP contribution is 2.35. The Morgan fingerprint density at radius 2 is 1.46 bits per heavy atom. The molecule has 2 saturated heterocycles. The van der Waals surface area contributed by atoms with Crippen molar-refractivity contribution in [3.63, 3.8) is 0 Å². The molecule has 7 heteroatoms. The molecule has 28 heavy (non-hydrogen) atoms. The molecule has 0 atom stereocenters. The summed E-state index contributed by atoms with van der Waals surface area (Å²) < 4.78 is 5.59. The summed E-state index contributed by atoms with van der Waals surface area (Å²) >= 11 is 5.97. The van der Waals surface area contributed by atoms with Crippen molar-refractivity contribution in [1.29, 1.82) is 0 Å². The van der Waals surface area contributed by atoms with Crippen LogP contribution < -0.4 is 19.4 Å². The second-order valence-electron chi connectivity index (χ2n) is 7.21. The van der Waals surface area contributed by atoms with Crippen molar-refractivity contribution in [2.45, 2.75) is 0 Å². The zero-order chi connectivity index (χ0) is 19.7. The fourth-order valence-electron chi connectivity index (χ4n) is 3.78. The van der Waals surface area contributed by atoms with Crippen molar-refractivity contribution < 1.29 is 9.53 Å². The lowest BCUT2D eigenvalue weighted by atomic mass is 10.2. The average molecular weight is 401 g/mol. The Morgan fingerprint density at radius 3 is 2.11 bits per heavy atom. The fraction of sp³-hybridized carbons (Fsp3) is 0.381. The normalized spacial score (nSPS) is 18.1. The number of piperazine rings is 1. The highest BCUT2D eigenvalue weighted by atomic mass is 35.5. The third kappa shape index (κ3) is 3.62. The van der Waals surface area contributed by atoms with E-state index in [9.17, 15) is 4.79 Å². The third-order valence-electron chi connectivity index (χ3n) is 5.47. The number of anilines is 3. The number of carbonyl (C=O) groups is 1. The van der Waals surface area contributed by atoms with Gasteiger partial charge in [-0.15, -0.1) is 0 Å². The van der Waals surface area contributed by atoms with Crippen LogP contribution in [0.25, 0.3) is 0 Å². The molecule has 2 aliphatic heterocycles. The Labute approximate surface area is 170 Å². The molecule has 2 aromatic carbocycles. The number of methoxy groups -OCH3 is 1. The van der Waals surface area contributed by atoms with Crippen LogP contribution in [0.3, 0.4) is 0 Å². The number of nitrogens with zero attached hydrogens (tertiary/aromatic N) is 4. The number of hydrogen-bond donors (Lipinski definition) is 0. The Balaban J connectivity index is 1.58. The largest absolute Gasteiger partial charge is 0.495 e. The third-order valence-corrected chi connectivity index (χ3v) is 5.72. The van der Waals surface area contributed by atoms with Gasteiger partial charge in [0.05, 0.1) is 12.8 Å². The van der Waals surface area contributed by atoms with Crippen molar-refractivity contribution in [3.05, 3.63) is 47.5 Å². The highest BCUT2D eigenvalue weighted by Gasteiger charge is 2.31. The van der Waals surface area contributed by atoms with Gasteiger partial charge in [0.15, 0.2) is 0 Å². The first kappa shape index (κ1) is 18.9. The van der Waals surface area contributed by atoms with Crippen LogP contribution in [0.15, 0.2) is 42.5 Å². The number of hydrogen-bond acceptors (Lipinski definition) is 4. The van der Waals surface area contributed by atoms with Gasteiger partial charge in [-0.25, -0.2) is 4.79 Å². The minimum atomic E-state index is -0.0168. The van der Waals surface area contributed by atoms with E-state index in [0.717, 1.165) is 49.0 Å². The van der Waals surface area contributed by atoms with E-state index in [1.54, 1.807) is 12.0 Å². The van der Waals surface area contributed by atoms with Crippen LogP contribution in [0.5, 0.6) is 5.75 Å². The van der Waals surface area contributed by atoms with Gasteiger partial charge in [-0.05, 0) is 49.5 Å². The zero-order valence-electron chi connectivity index (χ0n) is 16.3. The van der Waals surface area contributed by atoms with Crippen LogP contribution in [-0.2, 0) is 0 Å². The summed E-state index contributed by atoms with van der Waals surface area (Å²) in [4.78, 5) is 21.3. The molecule has 148 valence electrons. The molecule has 4 rings (SSSR count). The first-order valence-electron chi connectivity index (χ1n) is 9.53. The molecule has 6 nitrogen and oxygen atoms in total. The van der Waals surface area contributed by atoms with E-state index in [4.69, 9.17) is 16.3 Å². The number of halogens is 1. The number of likely N-dealkylation sites (N-methyl/N-ethyl adjacent to an activating group) is 1. The number of ether oxygens (including phenoxy) is 1. The van der Waals surface area contributed by atoms with Crippen molar-refractivity contribution >= 4 is 34.7 Å². The van der Waals surface area contributed by atoms with E-state index in [1.165, 1.54) is 0 Å². The monoisotopic (exact) mass is 400 g/mol. The van der Waals surface area contributed by atoms with Crippen molar-refractivity contribution in [2.75, 3.05) is 68.1 Å². The van der Waals surface area contributed by atoms with Gasteiger partial charge in [0, 0.05) is 55.7 Å². The lowest BCUT2D eigenvalue weighted by Gasteiger charge is -2.35. The maximum atomic E-state index is 13.0. The number of carbonyl (C=O) groups excluding carboxylic acids is 1. The smallest absolute Gasteiger partial charge is 0.329 e. The summed E-state index contributed by atoms with van der Waals surface area (Å²) in [5, 5.41) is 0.666. The molecular weight excluding hydrogens is 376 g/mol. The van der Waals surface area contributed by atoms with Crippen LogP contribution >= 0.6 is 11.6 Å². The van der Waals surface area contributed by atoms with E-state index in [2.05, 4.69) is 22.9 Å². The van der Waals surface area contributed by atoms with Crippen LogP contribution in [0.4, 0.5) is 21.9 Å². The van der Waals surface area contributed by atoms with E-state index >= 15 is 0 Å². The quantitative estimate of drug-likeness (QED) is 0.786. The molecule has 0 aliphatic carbocycles. The molecule has 0 radical (unpaired) electrons. The molecule has 2 aromatic rings. The van der Waals surface area contributed by atoms with Crippen molar-refractivity contribution in [2.24, 2.45) is 0 Å². The maximum Gasteiger partial charge on any atom is 0.329 e. The van der Waals surface area contributed by atoms with Crippen LogP contribution in [0.2, 0.25) is 5.02 Å². The SMILES string of the molecule is COc1ccc(N2CCN(c3ccc(Cl)cc3)C2=O)cc1N1CCN(C)CC1. The molecule has 2 amide bonds. The Hall–Kier alpha value is -2.44. The van der Waals surface area contributed by atoms with E-state index in [0.29, 0.717) is 18.1 Å². The lowest BCUT2D eigenvalue weighted by Crippen LogP contribution is -2.44.